The van der Waals surface area contributed by atoms with Gasteiger partial charge in [-0.25, -0.2) is 0 Å². The molecule has 2 aliphatic heterocycles. The lowest BCUT2D eigenvalue weighted by Gasteiger charge is -2.20. The van der Waals surface area contributed by atoms with Crippen molar-refractivity contribution >= 4 is 17.5 Å². The minimum absolute atomic E-state index is 0.00889. The fourth-order valence-corrected chi connectivity index (χ4v) is 3.84. The molecule has 1 saturated heterocycles. The highest BCUT2D eigenvalue weighted by molar-refractivity contribution is 6.07. The largest absolute Gasteiger partial charge is 0.343 e. The van der Waals surface area contributed by atoms with Crippen LogP contribution in [0.1, 0.15) is 41.1 Å². The van der Waals surface area contributed by atoms with Gasteiger partial charge in [0, 0.05) is 55.6 Å². The lowest BCUT2D eigenvalue weighted by atomic mass is 9.98. The number of anilines is 1. The van der Waals surface area contributed by atoms with Gasteiger partial charge in [0.15, 0.2) is 0 Å². The van der Waals surface area contributed by atoms with E-state index in [1.807, 2.05) is 28.0 Å². The van der Waals surface area contributed by atoms with Crippen LogP contribution in [-0.4, -0.2) is 41.3 Å². The minimum Gasteiger partial charge on any atom is -0.343 e. The second-order valence-electron chi connectivity index (χ2n) is 6.68. The summed E-state index contributed by atoms with van der Waals surface area (Å²) in [5, 5.41) is 0. The van der Waals surface area contributed by atoms with Crippen LogP contribution in [0.25, 0.3) is 0 Å². The minimum atomic E-state index is 0.00889. The van der Waals surface area contributed by atoms with Gasteiger partial charge in [-0.2, -0.15) is 0 Å². The third-order valence-electron chi connectivity index (χ3n) is 5.16. The summed E-state index contributed by atoms with van der Waals surface area (Å²) in [5.74, 6) is 0.543. The van der Waals surface area contributed by atoms with Gasteiger partial charge in [-0.1, -0.05) is 18.2 Å². The fourth-order valence-electron chi connectivity index (χ4n) is 3.84. The second-order valence-corrected chi connectivity index (χ2v) is 6.68. The van der Waals surface area contributed by atoms with E-state index in [1.54, 1.807) is 24.5 Å². The lowest BCUT2D eigenvalue weighted by molar-refractivity contribution is -0.127. The van der Waals surface area contributed by atoms with E-state index in [1.165, 1.54) is 5.56 Å². The van der Waals surface area contributed by atoms with E-state index in [2.05, 4.69) is 11.1 Å². The molecule has 1 aromatic carbocycles. The summed E-state index contributed by atoms with van der Waals surface area (Å²) in [6.07, 6.45) is 5.82. The van der Waals surface area contributed by atoms with Crippen molar-refractivity contribution in [1.82, 2.24) is 9.88 Å². The Morgan fingerprint density at radius 1 is 1.16 bits per heavy atom. The van der Waals surface area contributed by atoms with Crippen molar-refractivity contribution in [2.45, 2.75) is 25.2 Å². The second kappa shape index (κ2) is 6.67. The molecule has 5 heteroatoms. The molecule has 0 radical (unpaired) electrons. The topological polar surface area (TPSA) is 53.5 Å². The zero-order valence-corrected chi connectivity index (χ0v) is 14.1. The lowest BCUT2D eigenvalue weighted by Crippen LogP contribution is -2.31. The monoisotopic (exact) mass is 335 g/mol. The van der Waals surface area contributed by atoms with E-state index in [9.17, 15) is 9.59 Å². The van der Waals surface area contributed by atoms with Crippen LogP contribution in [0.3, 0.4) is 0 Å². The van der Waals surface area contributed by atoms with Crippen LogP contribution < -0.4 is 4.90 Å². The number of aromatic nitrogens is 1. The summed E-state index contributed by atoms with van der Waals surface area (Å²) in [6, 6.07) is 11.6. The Labute approximate surface area is 147 Å². The standard InChI is InChI=1S/C20H21N3O2/c24-19-6-3-12-22(19)13-9-16-14-23(18-5-2-1-4-17(16)18)20(25)15-7-10-21-11-8-15/h1-2,4-5,7-8,10-11,16H,3,6,9,12-14H2/t16-/m0/s1. The molecule has 0 saturated carbocycles. The molecule has 3 heterocycles. The van der Waals surface area contributed by atoms with Gasteiger partial charge < -0.3 is 9.80 Å². The number of para-hydroxylation sites is 1. The average molecular weight is 335 g/mol. The SMILES string of the molecule is O=C1CCCN1CC[C@H]1CN(C(=O)c2ccncc2)c2ccccc21. The molecular formula is C20H21N3O2. The number of rotatable bonds is 4. The summed E-state index contributed by atoms with van der Waals surface area (Å²) in [4.78, 5) is 32.5. The maximum absolute atomic E-state index is 12.9. The van der Waals surface area contributed by atoms with E-state index < -0.39 is 0 Å². The van der Waals surface area contributed by atoms with Gasteiger partial charge in [0.05, 0.1) is 0 Å². The van der Waals surface area contributed by atoms with Gasteiger partial charge in [-0.15, -0.1) is 0 Å². The molecule has 25 heavy (non-hydrogen) atoms. The maximum Gasteiger partial charge on any atom is 0.258 e. The van der Waals surface area contributed by atoms with Crippen LogP contribution in [-0.2, 0) is 4.79 Å². The summed E-state index contributed by atoms with van der Waals surface area (Å²) < 4.78 is 0. The quantitative estimate of drug-likeness (QED) is 0.863. The molecule has 1 fully saturated rings. The van der Waals surface area contributed by atoms with Crippen molar-refractivity contribution in [2.24, 2.45) is 0 Å². The first-order valence-electron chi connectivity index (χ1n) is 8.82. The number of amides is 2. The van der Waals surface area contributed by atoms with Crippen LogP contribution in [0.15, 0.2) is 48.8 Å². The van der Waals surface area contributed by atoms with Crippen LogP contribution in [0, 0.1) is 0 Å². The number of carbonyl (C=O) groups is 2. The molecule has 0 spiro atoms. The van der Waals surface area contributed by atoms with E-state index >= 15 is 0 Å². The molecule has 0 N–H and O–H groups in total. The molecule has 0 aliphatic carbocycles. The highest BCUT2D eigenvalue weighted by Crippen LogP contribution is 2.38. The van der Waals surface area contributed by atoms with Gasteiger partial charge in [-0.05, 0) is 36.6 Å². The molecule has 2 aromatic rings. The highest BCUT2D eigenvalue weighted by Gasteiger charge is 2.33. The first-order valence-corrected chi connectivity index (χ1v) is 8.82. The number of benzene rings is 1. The van der Waals surface area contributed by atoms with Gasteiger partial charge in [0.1, 0.15) is 0 Å². The summed E-state index contributed by atoms with van der Waals surface area (Å²) in [7, 11) is 0. The van der Waals surface area contributed by atoms with Crippen LogP contribution >= 0.6 is 0 Å². The van der Waals surface area contributed by atoms with Crippen molar-refractivity contribution in [1.29, 1.82) is 0 Å². The van der Waals surface area contributed by atoms with Crippen LogP contribution in [0.4, 0.5) is 5.69 Å². The van der Waals surface area contributed by atoms with E-state index in [0.717, 1.165) is 31.6 Å². The van der Waals surface area contributed by atoms with E-state index in [-0.39, 0.29) is 17.7 Å². The summed E-state index contributed by atoms with van der Waals surface area (Å²) in [5.41, 5.74) is 2.85. The number of hydrogen-bond donors (Lipinski definition) is 0. The zero-order valence-electron chi connectivity index (χ0n) is 14.1. The van der Waals surface area contributed by atoms with Crippen molar-refractivity contribution in [3.8, 4) is 0 Å². The first kappa shape index (κ1) is 15.8. The van der Waals surface area contributed by atoms with Crippen molar-refractivity contribution in [3.05, 3.63) is 59.9 Å². The number of pyridine rings is 1. The van der Waals surface area contributed by atoms with E-state index in [0.29, 0.717) is 18.5 Å². The smallest absolute Gasteiger partial charge is 0.258 e. The molecule has 0 bridgehead atoms. The number of hydrogen-bond acceptors (Lipinski definition) is 3. The van der Waals surface area contributed by atoms with Gasteiger partial charge in [0.25, 0.3) is 5.91 Å². The van der Waals surface area contributed by atoms with E-state index in [4.69, 9.17) is 0 Å². The highest BCUT2D eigenvalue weighted by atomic mass is 16.2. The fraction of sp³-hybridized carbons (Fsp3) is 0.350. The summed E-state index contributed by atoms with van der Waals surface area (Å²) >= 11 is 0. The molecule has 1 atom stereocenters. The first-order chi connectivity index (χ1) is 12.2. The Morgan fingerprint density at radius 2 is 1.96 bits per heavy atom. The average Bonchev–Trinajstić information content (AvgIpc) is 3.23. The summed E-state index contributed by atoms with van der Waals surface area (Å²) in [6.45, 7) is 2.31. The Bertz CT molecular complexity index is 791. The molecule has 4 rings (SSSR count). The maximum atomic E-state index is 12.9. The number of carbonyl (C=O) groups excluding carboxylic acids is 2. The van der Waals surface area contributed by atoms with Gasteiger partial charge in [0.2, 0.25) is 5.91 Å². The number of fused-ring (bicyclic) bond motifs is 1. The molecule has 1 aromatic heterocycles. The number of likely N-dealkylation sites (tertiary alicyclic amines) is 1. The molecule has 0 unspecified atom stereocenters. The van der Waals surface area contributed by atoms with Crippen molar-refractivity contribution in [2.75, 3.05) is 24.5 Å². The number of nitrogens with zero attached hydrogens (tertiary/aromatic N) is 3. The third kappa shape index (κ3) is 3.02. The molecular weight excluding hydrogens is 314 g/mol. The van der Waals surface area contributed by atoms with Crippen LogP contribution in [0.5, 0.6) is 0 Å². The third-order valence-corrected chi connectivity index (χ3v) is 5.16. The molecule has 2 aliphatic rings. The van der Waals surface area contributed by atoms with Crippen molar-refractivity contribution < 1.29 is 9.59 Å². The zero-order chi connectivity index (χ0) is 17.2. The van der Waals surface area contributed by atoms with Gasteiger partial charge >= 0.3 is 0 Å². The predicted molar refractivity (Wildman–Crippen MR) is 95.5 cm³/mol. The molecule has 5 nitrogen and oxygen atoms in total. The van der Waals surface area contributed by atoms with Gasteiger partial charge in [-0.3, -0.25) is 14.6 Å². The Kier molecular flexibility index (Phi) is 4.22. The van der Waals surface area contributed by atoms with Crippen LogP contribution in [0.2, 0.25) is 0 Å². The molecule has 2 amide bonds. The molecule has 128 valence electrons. The Hall–Kier alpha value is -2.69. The van der Waals surface area contributed by atoms with Crippen molar-refractivity contribution in [3.63, 3.8) is 0 Å². The normalized spacial score (nSPS) is 19.4. The Balaban J connectivity index is 1.53. The Morgan fingerprint density at radius 3 is 2.72 bits per heavy atom. The predicted octanol–water partition coefficient (Wildman–Crippen LogP) is 2.84.